The quantitative estimate of drug-likeness (QED) is 0.0260. The Morgan fingerprint density at radius 3 is 0.566 bits per heavy atom. The number of hydrogen-bond acceptors (Lipinski definition) is 0. The van der Waals surface area contributed by atoms with E-state index < -0.39 is 0 Å². The maximum absolute atomic E-state index is 2.44. The minimum absolute atomic E-state index is 0. The van der Waals surface area contributed by atoms with Crippen molar-refractivity contribution in [2.45, 2.75) is 158 Å². The Morgan fingerprint density at radius 2 is 0.421 bits per heavy atom. The van der Waals surface area contributed by atoms with Crippen molar-refractivity contribution in [3.63, 3.8) is 0 Å². The van der Waals surface area contributed by atoms with Crippen LogP contribution < -0.4 is 30.6 Å². The Kier molecular flexibility index (Phi) is 41.0. The normalized spacial score (nSPS) is 10.9. The summed E-state index contributed by atoms with van der Waals surface area (Å²) in [5, 5.41) is 17.9. The van der Waals surface area contributed by atoms with Gasteiger partial charge in [0.1, 0.15) is 0 Å². The smallest absolute Gasteiger partial charge is 1.00 e. The molecule has 0 aliphatic rings. The summed E-state index contributed by atoms with van der Waals surface area (Å²) >= 11 is 0. The van der Waals surface area contributed by atoms with Gasteiger partial charge in [-0.25, -0.2) is 0 Å². The first kappa shape index (κ1) is 72.3. The van der Waals surface area contributed by atoms with Gasteiger partial charge in [-0.15, -0.1) is 161 Å². The number of rotatable bonds is 28. The molecule has 0 unspecified atom stereocenters. The molecule has 0 radical (unpaired) electrons. The van der Waals surface area contributed by atoms with Gasteiger partial charge < -0.3 is 9.41 Å². The summed E-state index contributed by atoms with van der Waals surface area (Å²) in [7, 11) is 0.343. The van der Waals surface area contributed by atoms with Gasteiger partial charge in [0.25, 0.3) is 0 Å². The molecule has 0 heterocycles. The Labute approximate surface area is 497 Å². The van der Waals surface area contributed by atoms with Crippen molar-refractivity contribution in [3.8, 4) is 0 Å². The van der Waals surface area contributed by atoms with Gasteiger partial charge in [0, 0.05) is 0 Å². The van der Waals surface area contributed by atoms with Crippen LogP contribution in [0.2, 0.25) is 0 Å². The SMILES string of the molecule is CCCCP(CCCC)c1cc2ccccc2[cH-]1.CCCCP(CCCC)c1cc2ccccc2[cH-]1.CCCCP(CCCC)c1cc2ccccc2[cH-]1.CCCCP(CCCC)c1cc2ccccc2[cH-]1.[F-].[F-].[Ti+2].[Ti+2]. The molecule has 0 atom stereocenters. The maximum Gasteiger partial charge on any atom is 2.00 e. The predicted molar refractivity (Wildman–Crippen MR) is 343 cm³/mol. The molecule has 76 heavy (non-hydrogen) atoms. The van der Waals surface area contributed by atoms with Gasteiger partial charge in [-0.05, 0) is 101 Å². The number of fused-ring (bicyclic) bond motifs is 4. The van der Waals surface area contributed by atoms with Gasteiger partial charge in [-0.2, -0.15) is 24.3 Å². The van der Waals surface area contributed by atoms with E-state index in [4.69, 9.17) is 0 Å². The van der Waals surface area contributed by atoms with Crippen LogP contribution in [0.1, 0.15) is 158 Å². The number of unbranched alkanes of at least 4 members (excludes halogenated alkanes) is 8. The second-order valence-corrected chi connectivity index (χ2v) is 30.1. The zero-order valence-electron chi connectivity index (χ0n) is 48.4. The fourth-order valence-electron chi connectivity index (χ4n) is 9.54. The maximum atomic E-state index is 2.44. The molecule has 8 rings (SSSR count). The van der Waals surface area contributed by atoms with Crippen LogP contribution in [0.4, 0.5) is 0 Å². The third kappa shape index (κ3) is 24.6. The number of hydrogen-bond donors (Lipinski definition) is 0. The molecule has 0 amide bonds. The zero-order chi connectivity index (χ0) is 51.2. The van der Waals surface area contributed by atoms with E-state index in [1.807, 2.05) is 0 Å². The third-order valence-corrected chi connectivity index (χ3v) is 24.9. The fourth-order valence-corrected chi connectivity index (χ4v) is 20.7. The van der Waals surface area contributed by atoms with Gasteiger partial charge >= 0.3 is 43.4 Å². The second-order valence-electron chi connectivity index (χ2n) is 20.1. The van der Waals surface area contributed by atoms with Crippen LogP contribution >= 0.6 is 31.7 Å². The standard InChI is InChI=1S/4C17H24P.2FH.2Ti/c4*1-3-5-11-18(12-6-4-2)17-13-15-9-7-8-10-16(15)14-17;;;;/h4*7-10,13-14H,3-6,11-12H2,1-2H3;2*1H;;/q4*-1;;;2*+2/p-2. The molecule has 0 N–H and O–H groups in total. The fraction of sp³-hybridized carbons (Fsp3) is 0.471. The van der Waals surface area contributed by atoms with Crippen molar-refractivity contribution in [1.29, 1.82) is 0 Å². The zero-order valence-corrected chi connectivity index (χ0v) is 55.1. The summed E-state index contributed by atoms with van der Waals surface area (Å²) in [5.41, 5.74) is 0. The molecule has 0 spiro atoms. The van der Waals surface area contributed by atoms with E-state index in [1.165, 1.54) is 195 Å². The van der Waals surface area contributed by atoms with E-state index in [0.717, 1.165) is 0 Å². The van der Waals surface area contributed by atoms with Crippen LogP contribution in [0.25, 0.3) is 43.1 Å². The topological polar surface area (TPSA) is 0 Å². The summed E-state index contributed by atoms with van der Waals surface area (Å²) in [4.78, 5) is 0. The van der Waals surface area contributed by atoms with Crippen LogP contribution in [-0.4, -0.2) is 49.3 Å². The molecule has 0 aliphatic carbocycles. The Morgan fingerprint density at radius 1 is 0.263 bits per heavy atom. The molecule has 0 aliphatic heterocycles. The molecule has 0 saturated heterocycles. The van der Waals surface area contributed by atoms with Crippen molar-refractivity contribution in [2.75, 3.05) is 49.3 Å². The van der Waals surface area contributed by atoms with E-state index in [9.17, 15) is 0 Å². The Bertz CT molecular complexity index is 2100. The third-order valence-electron chi connectivity index (χ3n) is 14.1. The average molecular weight is 1170 g/mol. The molecule has 0 fully saturated rings. The van der Waals surface area contributed by atoms with Crippen LogP contribution in [0.15, 0.2) is 146 Å². The van der Waals surface area contributed by atoms with Crippen molar-refractivity contribution in [3.05, 3.63) is 146 Å². The largest absolute Gasteiger partial charge is 2.00 e. The predicted octanol–water partition coefficient (Wildman–Crippen LogP) is 15.1. The van der Waals surface area contributed by atoms with Gasteiger partial charge in [0.2, 0.25) is 0 Å². The van der Waals surface area contributed by atoms with Gasteiger partial charge in [0.05, 0.1) is 0 Å². The molecular formula is C68H96F2P4Ti2-2. The van der Waals surface area contributed by atoms with Crippen molar-refractivity contribution >= 4 is 96.0 Å². The van der Waals surface area contributed by atoms with E-state index in [-0.39, 0.29) is 84.5 Å². The van der Waals surface area contributed by atoms with Gasteiger partial charge in [-0.1, -0.05) is 163 Å². The van der Waals surface area contributed by atoms with Crippen LogP contribution in [0, 0.1) is 0 Å². The van der Waals surface area contributed by atoms with E-state index in [1.54, 1.807) is 21.2 Å². The van der Waals surface area contributed by atoms with E-state index in [2.05, 4.69) is 201 Å². The first-order chi connectivity index (χ1) is 35.4. The van der Waals surface area contributed by atoms with Crippen molar-refractivity contribution < 1.29 is 52.8 Å². The number of benzene rings is 4. The van der Waals surface area contributed by atoms with Crippen LogP contribution in [0.3, 0.4) is 0 Å². The van der Waals surface area contributed by atoms with Gasteiger partial charge in [0.15, 0.2) is 0 Å². The minimum Gasteiger partial charge on any atom is -1.00 e. The summed E-state index contributed by atoms with van der Waals surface area (Å²) in [6.07, 6.45) is 33.0. The summed E-state index contributed by atoms with van der Waals surface area (Å²) < 4.78 is 0. The Balaban J connectivity index is 0.000000498. The van der Waals surface area contributed by atoms with Crippen LogP contribution in [-0.2, 0) is 43.4 Å². The molecule has 0 bridgehead atoms. The molecule has 412 valence electrons. The average Bonchev–Trinajstić information content (AvgIpc) is 4.24. The molecule has 8 heteroatoms. The summed E-state index contributed by atoms with van der Waals surface area (Å²) in [6, 6.07) is 54.6. The monoisotopic (exact) mass is 1170 g/mol. The minimum atomic E-state index is 0. The molecule has 0 aromatic heterocycles. The van der Waals surface area contributed by atoms with Crippen molar-refractivity contribution in [2.24, 2.45) is 0 Å². The molecule has 0 nitrogen and oxygen atoms in total. The Hall–Kier alpha value is -1.67. The molecule has 8 aromatic carbocycles. The molecule has 0 saturated carbocycles. The first-order valence-electron chi connectivity index (χ1n) is 29.0. The molecule has 8 aromatic rings. The van der Waals surface area contributed by atoms with Crippen LogP contribution in [0.5, 0.6) is 0 Å². The van der Waals surface area contributed by atoms with Crippen molar-refractivity contribution in [1.82, 2.24) is 0 Å². The number of halogens is 2. The van der Waals surface area contributed by atoms with E-state index in [0.29, 0.717) is 0 Å². The van der Waals surface area contributed by atoms with E-state index >= 15 is 0 Å². The molecular weight excluding hydrogens is 1070 g/mol. The summed E-state index contributed by atoms with van der Waals surface area (Å²) in [6.45, 7) is 18.4. The summed E-state index contributed by atoms with van der Waals surface area (Å²) in [5.74, 6) is 0. The van der Waals surface area contributed by atoms with Gasteiger partial charge in [-0.3, -0.25) is 0 Å². The second kappa shape index (κ2) is 43.1. The first-order valence-corrected chi connectivity index (χ1v) is 35.9.